The van der Waals surface area contributed by atoms with Crippen LogP contribution in [0.15, 0.2) is 24.3 Å². The van der Waals surface area contributed by atoms with Crippen LogP contribution in [0.3, 0.4) is 0 Å². The summed E-state index contributed by atoms with van der Waals surface area (Å²) < 4.78 is 0. The van der Waals surface area contributed by atoms with Crippen molar-refractivity contribution in [3.63, 3.8) is 0 Å². The van der Waals surface area contributed by atoms with Gasteiger partial charge in [-0.3, -0.25) is 9.59 Å². The van der Waals surface area contributed by atoms with Gasteiger partial charge in [-0.25, -0.2) is 0 Å². The summed E-state index contributed by atoms with van der Waals surface area (Å²) in [5, 5.41) is 11.4. The van der Waals surface area contributed by atoms with Crippen molar-refractivity contribution < 1.29 is 14.7 Å². The number of benzene rings is 1. The molecule has 0 atom stereocenters. The highest BCUT2D eigenvalue weighted by molar-refractivity contribution is 7.99. The lowest BCUT2D eigenvalue weighted by atomic mass is 10.1. The quantitative estimate of drug-likeness (QED) is 0.719. The Bertz CT molecular complexity index is 476. The third-order valence-electron chi connectivity index (χ3n) is 2.91. The van der Waals surface area contributed by atoms with Crippen molar-refractivity contribution in [2.24, 2.45) is 0 Å². The summed E-state index contributed by atoms with van der Waals surface area (Å²) in [6.07, 6.45) is 0. The van der Waals surface area contributed by atoms with E-state index in [2.05, 4.69) is 5.32 Å². The second kappa shape index (κ2) is 9.41. The lowest BCUT2D eigenvalue weighted by molar-refractivity contribution is -0.113. The van der Waals surface area contributed by atoms with Gasteiger partial charge in [-0.05, 0) is 32.0 Å². The minimum atomic E-state index is -0.138. The first-order valence-corrected chi connectivity index (χ1v) is 8.15. The summed E-state index contributed by atoms with van der Waals surface area (Å²) in [7, 11) is 0. The fourth-order valence-electron chi connectivity index (χ4n) is 1.85. The molecule has 1 aromatic carbocycles. The average molecular weight is 310 g/mol. The van der Waals surface area contributed by atoms with Gasteiger partial charge in [0.05, 0.1) is 12.4 Å². The highest BCUT2D eigenvalue weighted by atomic mass is 32.2. The average Bonchev–Trinajstić information content (AvgIpc) is 2.49. The summed E-state index contributed by atoms with van der Waals surface area (Å²) in [6, 6.07) is 6.95. The van der Waals surface area contributed by atoms with Crippen LogP contribution >= 0.6 is 11.8 Å². The van der Waals surface area contributed by atoms with E-state index in [0.717, 1.165) is 0 Å². The Morgan fingerprint density at radius 3 is 2.62 bits per heavy atom. The van der Waals surface area contributed by atoms with Crippen molar-refractivity contribution in [3.05, 3.63) is 29.8 Å². The van der Waals surface area contributed by atoms with Crippen LogP contribution in [0, 0.1) is 0 Å². The van der Waals surface area contributed by atoms with Crippen LogP contribution in [0.1, 0.15) is 24.2 Å². The van der Waals surface area contributed by atoms with Crippen LogP contribution in [0.2, 0.25) is 0 Å². The molecule has 0 aromatic heterocycles. The van der Waals surface area contributed by atoms with Crippen molar-refractivity contribution >= 4 is 29.3 Å². The monoisotopic (exact) mass is 310 g/mol. The van der Waals surface area contributed by atoms with Gasteiger partial charge in [0.1, 0.15) is 0 Å². The Balaban J connectivity index is 2.68. The molecule has 21 heavy (non-hydrogen) atoms. The third-order valence-corrected chi connectivity index (χ3v) is 3.85. The van der Waals surface area contributed by atoms with E-state index in [1.54, 1.807) is 29.2 Å². The van der Waals surface area contributed by atoms with Crippen LogP contribution in [0.4, 0.5) is 5.69 Å². The Hall–Kier alpha value is -1.53. The first kappa shape index (κ1) is 17.5. The minimum Gasteiger partial charge on any atom is -0.396 e. The molecule has 0 radical (unpaired) electrons. The SMILES string of the molecule is CCN(CC)C(=O)c1cccc(NC(=O)CSCCO)c1. The Kier molecular flexibility index (Phi) is 7.85. The van der Waals surface area contributed by atoms with E-state index in [1.807, 2.05) is 13.8 Å². The lowest BCUT2D eigenvalue weighted by Gasteiger charge is -2.19. The van der Waals surface area contributed by atoms with Crippen molar-refractivity contribution in [2.75, 3.05) is 36.5 Å². The molecule has 5 nitrogen and oxygen atoms in total. The van der Waals surface area contributed by atoms with Gasteiger partial charge in [0.25, 0.3) is 5.91 Å². The second-order valence-corrected chi connectivity index (χ2v) is 5.49. The number of aliphatic hydroxyl groups excluding tert-OH is 1. The molecule has 0 heterocycles. The van der Waals surface area contributed by atoms with Gasteiger partial charge in [-0.15, -0.1) is 11.8 Å². The molecule has 0 aliphatic rings. The summed E-state index contributed by atoms with van der Waals surface area (Å²) in [5.41, 5.74) is 1.18. The molecule has 6 heteroatoms. The molecule has 0 saturated heterocycles. The van der Waals surface area contributed by atoms with Crippen molar-refractivity contribution in [1.82, 2.24) is 4.90 Å². The van der Waals surface area contributed by atoms with Gasteiger partial charge in [-0.2, -0.15) is 0 Å². The molecule has 0 bridgehead atoms. The Labute approximate surface area is 129 Å². The van der Waals surface area contributed by atoms with E-state index in [4.69, 9.17) is 5.11 Å². The predicted octanol–water partition coefficient (Wildman–Crippen LogP) is 1.83. The number of anilines is 1. The van der Waals surface area contributed by atoms with Crippen LogP contribution in [-0.4, -0.2) is 53.0 Å². The highest BCUT2D eigenvalue weighted by Gasteiger charge is 2.13. The van der Waals surface area contributed by atoms with Crippen molar-refractivity contribution in [3.8, 4) is 0 Å². The van der Waals surface area contributed by atoms with Gasteiger partial charge in [-0.1, -0.05) is 6.07 Å². The van der Waals surface area contributed by atoms with E-state index in [-0.39, 0.29) is 24.2 Å². The highest BCUT2D eigenvalue weighted by Crippen LogP contribution is 2.13. The topological polar surface area (TPSA) is 69.6 Å². The first-order chi connectivity index (χ1) is 10.1. The number of nitrogens with zero attached hydrogens (tertiary/aromatic N) is 1. The molecule has 2 amide bonds. The standard InChI is InChI=1S/C15H22N2O3S/c1-3-17(4-2)15(20)12-6-5-7-13(10-12)16-14(19)11-21-9-8-18/h5-7,10,18H,3-4,8-9,11H2,1-2H3,(H,16,19). The summed E-state index contributed by atoms with van der Waals surface area (Å²) >= 11 is 1.37. The molecule has 0 saturated carbocycles. The van der Waals surface area contributed by atoms with Gasteiger partial charge in [0.2, 0.25) is 5.91 Å². The maximum atomic E-state index is 12.2. The lowest BCUT2D eigenvalue weighted by Crippen LogP contribution is -2.30. The maximum absolute atomic E-state index is 12.2. The molecule has 0 unspecified atom stereocenters. The van der Waals surface area contributed by atoms with Gasteiger partial charge >= 0.3 is 0 Å². The number of carbonyl (C=O) groups excluding carboxylic acids is 2. The normalized spacial score (nSPS) is 10.2. The first-order valence-electron chi connectivity index (χ1n) is 7.00. The van der Waals surface area contributed by atoms with Crippen molar-refractivity contribution in [1.29, 1.82) is 0 Å². The predicted molar refractivity (Wildman–Crippen MR) is 86.7 cm³/mol. The Morgan fingerprint density at radius 2 is 2.00 bits per heavy atom. The van der Waals surface area contributed by atoms with E-state index < -0.39 is 0 Å². The molecular weight excluding hydrogens is 288 g/mol. The number of hydrogen-bond donors (Lipinski definition) is 2. The van der Waals surface area contributed by atoms with E-state index >= 15 is 0 Å². The summed E-state index contributed by atoms with van der Waals surface area (Å²) in [6.45, 7) is 5.25. The zero-order valence-electron chi connectivity index (χ0n) is 12.5. The molecule has 0 aliphatic heterocycles. The fraction of sp³-hybridized carbons (Fsp3) is 0.467. The van der Waals surface area contributed by atoms with Crippen LogP contribution < -0.4 is 5.32 Å². The molecule has 0 aliphatic carbocycles. The van der Waals surface area contributed by atoms with Crippen LogP contribution in [-0.2, 0) is 4.79 Å². The van der Waals surface area contributed by atoms with Crippen molar-refractivity contribution in [2.45, 2.75) is 13.8 Å². The third kappa shape index (κ3) is 5.77. The molecule has 1 rings (SSSR count). The fourth-order valence-corrected chi connectivity index (χ4v) is 2.38. The summed E-state index contributed by atoms with van der Waals surface area (Å²) in [4.78, 5) is 25.7. The number of aliphatic hydroxyl groups is 1. The van der Waals surface area contributed by atoms with E-state index in [9.17, 15) is 9.59 Å². The number of rotatable bonds is 8. The largest absolute Gasteiger partial charge is 0.396 e. The number of hydrogen-bond acceptors (Lipinski definition) is 4. The van der Waals surface area contributed by atoms with Crippen LogP contribution in [0.5, 0.6) is 0 Å². The van der Waals surface area contributed by atoms with E-state index in [1.165, 1.54) is 11.8 Å². The molecule has 0 fully saturated rings. The van der Waals surface area contributed by atoms with Gasteiger partial charge in [0.15, 0.2) is 0 Å². The molecule has 2 N–H and O–H groups in total. The molecule has 116 valence electrons. The second-order valence-electron chi connectivity index (χ2n) is 4.38. The molecular formula is C15H22N2O3S. The zero-order valence-corrected chi connectivity index (χ0v) is 13.3. The summed E-state index contributed by atoms with van der Waals surface area (Å²) in [5.74, 6) is 0.648. The van der Waals surface area contributed by atoms with Gasteiger partial charge < -0.3 is 15.3 Å². The van der Waals surface area contributed by atoms with Gasteiger partial charge in [0, 0.05) is 30.1 Å². The number of carbonyl (C=O) groups is 2. The Morgan fingerprint density at radius 1 is 1.29 bits per heavy atom. The molecule has 1 aromatic rings. The maximum Gasteiger partial charge on any atom is 0.253 e. The number of thioether (sulfide) groups is 1. The molecule has 0 spiro atoms. The van der Waals surface area contributed by atoms with Crippen LogP contribution in [0.25, 0.3) is 0 Å². The number of nitrogens with one attached hydrogen (secondary N) is 1. The number of amides is 2. The van der Waals surface area contributed by atoms with E-state index in [0.29, 0.717) is 30.1 Å². The zero-order chi connectivity index (χ0) is 15.7. The smallest absolute Gasteiger partial charge is 0.253 e. The minimum absolute atomic E-state index is 0.0363.